The molecule has 2 aromatic rings. The van der Waals surface area contributed by atoms with Crippen molar-refractivity contribution < 1.29 is 4.39 Å². The Bertz CT molecular complexity index is 448. The van der Waals surface area contributed by atoms with E-state index in [9.17, 15) is 4.39 Å². The minimum Gasteiger partial charge on any atom is -0.330 e. The van der Waals surface area contributed by atoms with Crippen LogP contribution in [0.1, 0.15) is 12.0 Å². The van der Waals surface area contributed by atoms with Crippen LogP contribution in [-0.2, 0) is 6.42 Å². The Kier molecular flexibility index (Phi) is 3.31. The highest BCUT2D eigenvalue weighted by molar-refractivity contribution is 5.62. The maximum absolute atomic E-state index is 12.8. The van der Waals surface area contributed by atoms with Crippen LogP contribution in [0.25, 0.3) is 11.3 Å². The summed E-state index contributed by atoms with van der Waals surface area (Å²) in [4.78, 5) is 0. The van der Waals surface area contributed by atoms with Gasteiger partial charge in [-0.2, -0.15) is 5.10 Å². The molecule has 0 spiro atoms. The number of nitrogens with two attached hydrogens (primary N) is 1. The molecule has 0 saturated carbocycles. The van der Waals surface area contributed by atoms with E-state index < -0.39 is 0 Å². The summed E-state index contributed by atoms with van der Waals surface area (Å²) in [6, 6.07) is 6.38. The number of halogens is 1. The molecule has 0 fully saturated rings. The summed E-state index contributed by atoms with van der Waals surface area (Å²) in [5.41, 5.74) is 8.50. The number of aryl methyl sites for hydroxylation is 1. The van der Waals surface area contributed by atoms with E-state index in [2.05, 4.69) is 10.2 Å². The van der Waals surface area contributed by atoms with Crippen LogP contribution in [0.2, 0.25) is 0 Å². The largest absolute Gasteiger partial charge is 0.330 e. The first-order valence-corrected chi connectivity index (χ1v) is 5.29. The first kappa shape index (κ1) is 10.8. The third-order valence-electron chi connectivity index (χ3n) is 2.50. The monoisotopic (exact) mass is 219 g/mol. The van der Waals surface area contributed by atoms with Crippen molar-refractivity contribution >= 4 is 0 Å². The minimum atomic E-state index is -0.230. The zero-order valence-electron chi connectivity index (χ0n) is 8.91. The van der Waals surface area contributed by atoms with Gasteiger partial charge in [-0.1, -0.05) is 0 Å². The quantitative estimate of drug-likeness (QED) is 0.827. The maximum atomic E-state index is 12.8. The topological polar surface area (TPSA) is 54.7 Å². The van der Waals surface area contributed by atoms with Crippen LogP contribution in [0, 0.1) is 5.82 Å². The second-order valence-corrected chi connectivity index (χ2v) is 3.67. The van der Waals surface area contributed by atoms with Gasteiger partial charge in [-0.15, -0.1) is 0 Å². The van der Waals surface area contributed by atoms with E-state index >= 15 is 0 Å². The molecular weight excluding hydrogens is 205 g/mol. The van der Waals surface area contributed by atoms with Gasteiger partial charge in [0.2, 0.25) is 0 Å². The third kappa shape index (κ3) is 2.28. The van der Waals surface area contributed by atoms with Crippen molar-refractivity contribution in [1.82, 2.24) is 10.2 Å². The molecule has 3 N–H and O–H groups in total. The summed E-state index contributed by atoms with van der Waals surface area (Å²) < 4.78 is 12.8. The molecule has 4 heteroatoms. The molecule has 1 aromatic heterocycles. The maximum Gasteiger partial charge on any atom is 0.123 e. The highest BCUT2D eigenvalue weighted by atomic mass is 19.1. The zero-order chi connectivity index (χ0) is 11.4. The van der Waals surface area contributed by atoms with E-state index in [1.54, 1.807) is 18.3 Å². The predicted molar refractivity (Wildman–Crippen MR) is 61.4 cm³/mol. The molecule has 0 aliphatic heterocycles. The van der Waals surface area contributed by atoms with Gasteiger partial charge in [-0.05, 0) is 49.2 Å². The molecule has 0 aliphatic rings. The Hall–Kier alpha value is -1.68. The van der Waals surface area contributed by atoms with Crippen LogP contribution in [0.5, 0.6) is 0 Å². The lowest BCUT2D eigenvalue weighted by atomic mass is 10.0. The SMILES string of the molecule is NCCCc1cn[nH]c1-c1ccc(F)cc1. The number of hydrogen-bond acceptors (Lipinski definition) is 2. The van der Waals surface area contributed by atoms with Gasteiger partial charge in [0, 0.05) is 5.56 Å². The van der Waals surface area contributed by atoms with E-state index in [1.807, 2.05) is 0 Å². The summed E-state index contributed by atoms with van der Waals surface area (Å²) >= 11 is 0. The summed E-state index contributed by atoms with van der Waals surface area (Å²) in [6.07, 6.45) is 3.61. The van der Waals surface area contributed by atoms with Crippen molar-refractivity contribution in [1.29, 1.82) is 0 Å². The Labute approximate surface area is 93.5 Å². The lowest BCUT2D eigenvalue weighted by Gasteiger charge is -2.02. The summed E-state index contributed by atoms with van der Waals surface area (Å²) in [5.74, 6) is -0.230. The fourth-order valence-electron chi connectivity index (χ4n) is 1.66. The number of benzene rings is 1. The normalized spacial score (nSPS) is 10.6. The molecule has 84 valence electrons. The van der Waals surface area contributed by atoms with Crippen molar-refractivity contribution in [3.63, 3.8) is 0 Å². The minimum absolute atomic E-state index is 0.230. The van der Waals surface area contributed by atoms with Gasteiger partial charge in [-0.3, -0.25) is 5.10 Å². The van der Waals surface area contributed by atoms with E-state index in [4.69, 9.17) is 5.73 Å². The van der Waals surface area contributed by atoms with E-state index in [0.29, 0.717) is 6.54 Å². The molecule has 3 nitrogen and oxygen atoms in total. The molecule has 0 aliphatic carbocycles. The fraction of sp³-hybridized carbons (Fsp3) is 0.250. The molecule has 2 rings (SSSR count). The first-order chi connectivity index (χ1) is 7.81. The van der Waals surface area contributed by atoms with Gasteiger partial charge < -0.3 is 5.73 Å². The molecule has 1 heterocycles. The van der Waals surface area contributed by atoms with E-state index in [-0.39, 0.29) is 5.82 Å². The molecule has 0 bridgehead atoms. The van der Waals surface area contributed by atoms with Gasteiger partial charge >= 0.3 is 0 Å². The van der Waals surface area contributed by atoms with Crippen molar-refractivity contribution in [2.45, 2.75) is 12.8 Å². The molecule has 0 radical (unpaired) electrons. The lowest BCUT2D eigenvalue weighted by Crippen LogP contribution is -2.00. The highest BCUT2D eigenvalue weighted by Crippen LogP contribution is 2.22. The number of nitrogens with one attached hydrogen (secondary N) is 1. The van der Waals surface area contributed by atoms with Crippen LogP contribution in [0.3, 0.4) is 0 Å². The van der Waals surface area contributed by atoms with Crippen LogP contribution < -0.4 is 5.73 Å². The lowest BCUT2D eigenvalue weighted by molar-refractivity contribution is 0.628. The van der Waals surface area contributed by atoms with Gasteiger partial charge in [-0.25, -0.2) is 4.39 Å². The van der Waals surface area contributed by atoms with E-state index in [1.165, 1.54) is 12.1 Å². The van der Waals surface area contributed by atoms with E-state index in [0.717, 1.165) is 29.7 Å². The fourth-order valence-corrected chi connectivity index (χ4v) is 1.66. The average Bonchev–Trinajstić information content (AvgIpc) is 2.75. The van der Waals surface area contributed by atoms with Gasteiger partial charge in [0.25, 0.3) is 0 Å². The molecule has 0 saturated heterocycles. The average molecular weight is 219 g/mol. The second kappa shape index (κ2) is 4.90. The van der Waals surface area contributed by atoms with Crippen molar-refractivity contribution in [3.05, 3.63) is 41.8 Å². The number of aromatic amines is 1. The van der Waals surface area contributed by atoms with Crippen molar-refractivity contribution in [2.24, 2.45) is 5.73 Å². The number of aromatic nitrogens is 2. The number of rotatable bonds is 4. The van der Waals surface area contributed by atoms with Gasteiger partial charge in [0.05, 0.1) is 11.9 Å². The molecular formula is C12H14FN3. The highest BCUT2D eigenvalue weighted by Gasteiger charge is 2.06. The van der Waals surface area contributed by atoms with Gasteiger partial charge in [0.15, 0.2) is 0 Å². The van der Waals surface area contributed by atoms with Gasteiger partial charge in [0.1, 0.15) is 5.82 Å². The number of nitrogens with zero attached hydrogens (tertiary/aromatic N) is 1. The zero-order valence-corrected chi connectivity index (χ0v) is 8.91. The predicted octanol–water partition coefficient (Wildman–Crippen LogP) is 2.11. The Morgan fingerprint density at radius 2 is 2.00 bits per heavy atom. The Morgan fingerprint density at radius 1 is 1.25 bits per heavy atom. The van der Waals surface area contributed by atoms with Crippen molar-refractivity contribution in [3.8, 4) is 11.3 Å². The van der Waals surface area contributed by atoms with Crippen LogP contribution >= 0.6 is 0 Å². The molecule has 0 unspecified atom stereocenters. The second-order valence-electron chi connectivity index (χ2n) is 3.67. The molecule has 16 heavy (non-hydrogen) atoms. The molecule has 1 aromatic carbocycles. The third-order valence-corrected chi connectivity index (χ3v) is 2.50. The summed E-state index contributed by atoms with van der Waals surface area (Å²) in [7, 11) is 0. The first-order valence-electron chi connectivity index (χ1n) is 5.29. The smallest absolute Gasteiger partial charge is 0.123 e. The number of hydrogen-bond donors (Lipinski definition) is 2. The standard InChI is InChI=1S/C12H14FN3/c13-11-5-3-9(4-6-11)12-10(2-1-7-14)8-15-16-12/h3-6,8H,1-2,7,14H2,(H,15,16). The number of H-pyrrole nitrogens is 1. The molecule has 0 amide bonds. The van der Waals surface area contributed by atoms with Crippen molar-refractivity contribution in [2.75, 3.05) is 6.54 Å². The Morgan fingerprint density at radius 3 is 2.69 bits per heavy atom. The van der Waals surface area contributed by atoms with Crippen LogP contribution in [-0.4, -0.2) is 16.7 Å². The molecule has 0 atom stereocenters. The van der Waals surface area contributed by atoms with Crippen LogP contribution in [0.15, 0.2) is 30.5 Å². The Balaban J connectivity index is 2.26. The van der Waals surface area contributed by atoms with Crippen LogP contribution in [0.4, 0.5) is 4.39 Å². The summed E-state index contributed by atoms with van der Waals surface area (Å²) in [5, 5.41) is 6.95. The summed E-state index contributed by atoms with van der Waals surface area (Å²) in [6.45, 7) is 0.661.